The Labute approximate surface area is 227 Å². The van der Waals surface area contributed by atoms with Crippen LogP contribution in [-0.2, 0) is 16.2 Å². The SMILES string of the molecule is COc1ncnc(OC)c1-n1c(NS(=O)(=O)C(C)C(C)c2ncc(C)cn2)nnc1-c1cccc(C(F)(F)F)c1. The van der Waals surface area contributed by atoms with Crippen LogP contribution in [0.3, 0.4) is 0 Å². The first-order valence-corrected chi connectivity index (χ1v) is 13.3. The monoisotopic (exact) mass is 578 g/mol. The van der Waals surface area contributed by atoms with Gasteiger partial charge in [0, 0.05) is 23.9 Å². The van der Waals surface area contributed by atoms with Gasteiger partial charge in [0.25, 0.3) is 0 Å². The van der Waals surface area contributed by atoms with E-state index in [9.17, 15) is 21.6 Å². The van der Waals surface area contributed by atoms with Gasteiger partial charge in [0.05, 0.1) is 25.0 Å². The zero-order valence-corrected chi connectivity index (χ0v) is 22.8. The van der Waals surface area contributed by atoms with Gasteiger partial charge in [-0.1, -0.05) is 19.1 Å². The molecule has 40 heavy (non-hydrogen) atoms. The molecule has 3 heterocycles. The molecule has 16 heteroatoms. The van der Waals surface area contributed by atoms with Crippen molar-refractivity contribution in [3.05, 3.63) is 59.9 Å². The Morgan fingerprint density at radius 2 is 1.60 bits per heavy atom. The van der Waals surface area contributed by atoms with Crippen LogP contribution in [0.2, 0.25) is 0 Å². The Hall–Kier alpha value is -4.34. The molecular weight excluding hydrogens is 553 g/mol. The number of nitrogens with one attached hydrogen (secondary N) is 1. The summed E-state index contributed by atoms with van der Waals surface area (Å²) in [4.78, 5) is 16.5. The van der Waals surface area contributed by atoms with E-state index in [0.717, 1.165) is 28.6 Å². The maximum Gasteiger partial charge on any atom is 0.416 e. The summed E-state index contributed by atoms with van der Waals surface area (Å²) in [5.41, 5.74) is -0.182. The lowest BCUT2D eigenvalue weighted by Crippen LogP contribution is -2.31. The van der Waals surface area contributed by atoms with E-state index in [4.69, 9.17) is 9.47 Å². The molecule has 4 rings (SSSR count). The van der Waals surface area contributed by atoms with E-state index in [-0.39, 0.29) is 34.8 Å². The fourth-order valence-electron chi connectivity index (χ4n) is 3.76. The molecule has 3 aromatic heterocycles. The van der Waals surface area contributed by atoms with Crippen molar-refractivity contribution in [3.63, 3.8) is 0 Å². The van der Waals surface area contributed by atoms with Crippen LogP contribution >= 0.6 is 0 Å². The number of benzene rings is 1. The molecule has 0 radical (unpaired) electrons. The zero-order chi connectivity index (χ0) is 29.2. The smallest absolute Gasteiger partial charge is 0.416 e. The van der Waals surface area contributed by atoms with E-state index in [1.54, 1.807) is 26.2 Å². The van der Waals surface area contributed by atoms with Crippen LogP contribution in [-0.4, -0.2) is 62.6 Å². The predicted octanol–water partition coefficient (Wildman–Crippen LogP) is 3.79. The van der Waals surface area contributed by atoms with Gasteiger partial charge in [-0.25, -0.2) is 18.4 Å². The molecule has 0 aliphatic heterocycles. The van der Waals surface area contributed by atoms with E-state index < -0.39 is 32.9 Å². The number of halogens is 3. The highest BCUT2D eigenvalue weighted by Gasteiger charge is 2.34. The van der Waals surface area contributed by atoms with Crippen LogP contribution < -0.4 is 14.2 Å². The van der Waals surface area contributed by atoms with Gasteiger partial charge in [0.1, 0.15) is 12.2 Å². The molecule has 0 aliphatic rings. The minimum Gasteiger partial charge on any atom is -0.479 e. The standard InChI is InChI=1S/C24H25F3N8O4S/c1-13-10-28-19(29-11-13)14(2)15(3)40(36,37)34-23-33-32-20(16-7-6-8-17(9-16)24(25,26)27)35(23)18-21(38-4)30-12-31-22(18)39-5/h6-12,14-15H,1-5H3,(H,33,34). The van der Waals surface area contributed by atoms with Gasteiger partial charge in [-0.05, 0) is 31.5 Å². The quantitative estimate of drug-likeness (QED) is 0.311. The van der Waals surface area contributed by atoms with Crippen molar-refractivity contribution in [2.24, 2.45) is 0 Å². The third kappa shape index (κ3) is 5.66. The topological polar surface area (TPSA) is 147 Å². The molecule has 0 saturated heterocycles. The molecule has 2 atom stereocenters. The molecule has 0 bridgehead atoms. The Balaban J connectivity index is 1.86. The number of methoxy groups -OCH3 is 2. The molecule has 1 aromatic carbocycles. The summed E-state index contributed by atoms with van der Waals surface area (Å²) in [6, 6.07) is 4.33. The molecule has 0 fully saturated rings. The van der Waals surface area contributed by atoms with Crippen LogP contribution in [0.4, 0.5) is 19.1 Å². The number of anilines is 1. The van der Waals surface area contributed by atoms with Crippen LogP contribution in [0.5, 0.6) is 11.8 Å². The maximum absolute atomic E-state index is 13.5. The van der Waals surface area contributed by atoms with Gasteiger partial charge in [-0.15, -0.1) is 10.2 Å². The molecule has 4 aromatic rings. The number of ether oxygens (including phenoxy) is 2. The van der Waals surface area contributed by atoms with Gasteiger partial charge in [-0.2, -0.15) is 23.1 Å². The average Bonchev–Trinajstić information content (AvgIpc) is 3.33. The molecule has 1 N–H and O–H groups in total. The molecular formula is C24H25F3N8O4S. The Kier molecular flexibility index (Phi) is 7.91. The highest BCUT2D eigenvalue weighted by Crippen LogP contribution is 2.37. The van der Waals surface area contributed by atoms with Crippen molar-refractivity contribution < 1.29 is 31.1 Å². The summed E-state index contributed by atoms with van der Waals surface area (Å²) in [6.07, 6.45) is -0.333. The number of rotatable bonds is 9. The summed E-state index contributed by atoms with van der Waals surface area (Å²) < 4.78 is 81.7. The number of aromatic nitrogens is 7. The number of hydrogen-bond donors (Lipinski definition) is 1. The van der Waals surface area contributed by atoms with Crippen molar-refractivity contribution >= 4 is 16.0 Å². The Morgan fingerprint density at radius 1 is 0.975 bits per heavy atom. The summed E-state index contributed by atoms with van der Waals surface area (Å²) in [5, 5.41) is 6.92. The van der Waals surface area contributed by atoms with Crippen molar-refractivity contribution in [2.45, 2.75) is 38.1 Å². The summed E-state index contributed by atoms with van der Waals surface area (Å²) >= 11 is 0. The van der Waals surface area contributed by atoms with Gasteiger partial charge in [0.15, 0.2) is 11.5 Å². The molecule has 0 spiro atoms. The summed E-state index contributed by atoms with van der Waals surface area (Å²) in [6.45, 7) is 4.93. The predicted molar refractivity (Wildman–Crippen MR) is 138 cm³/mol. The van der Waals surface area contributed by atoms with Crippen LogP contribution in [0.15, 0.2) is 43.0 Å². The number of aryl methyl sites for hydroxylation is 1. The zero-order valence-electron chi connectivity index (χ0n) is 22.0. The first-order valence-electron chi connectivity index (χ1n) is 11.7. The number of alkyl halides is 3. The third-order valence-corrected chi connectivity index (χ3v) is 7.97. The van der Waals surface area contributed by atoms with Gasteiger partial charge in [-0.3, -0.25) is 9.29 Å². The first kappa shape index (κ1) is 28.7. The van der Waals surface area contributed by atoms with Gasteiger partial charge >= 0.3 is 6.18 Å². The van der Waals surface area contributed by atoms with Crippen molar-refractivity contribution in [1.82, 2.24) is 34.7 Å². The van der Waals surface area contributed by atoms with E-state index in [1.165, 1.54) is 33.3 Å². The second-order valence-electron chi connectivity index (χ2n) is 8.76. The Bertz CT molecular complexity index is 1590. The third-order valence-electron chi connectivity index (χ3n) is 6.11. The van der Waals surface area contributed by atoms with Crippen molar-refractivity contribution in [1.29, 1.82) is 0 Å². The molecule has 0 aliphatic carbocycles. The fraction of sp³-hybridized carbons (Fsp3) is 0.333. The minimum atomic E-state index is -4.64. The van der Waals surface area contributed by atoms with Crippen molar-refractivity contribution in [2.75, 3.05) is 18.9 Å². The minimum absolute atomic E-state index is 0.0183. The van der Waals surface area contributed by atoms with E-state index >= 15 is 0 Å². The highest BCUT2D eigenvalue weighted by molar-refractivity contribution is 7.93. The fourth-order valence-corrected chi connectivity index (χ4v) is 4.99. The molecule has 12 nitrogen and oxygen atoms in total. The van der Waals surface area contributed by atoms with E-state index in [1.807, 2.05) is 0 Å². The van der Waals surface area contributed by atoms with E-state index in [2.05, 4.69) is 34.9 Å². The lowest BCUT2D eigenvalue weighted by Gasteiger charge is -2.21. The summed E-state index contributed by atoms with van der Waals surface area (Å²) in [7, 11) is -1.60. The lowest BCUT2D eigenvalue weighted by atomic mass is 10.1. The van der Waals surface area contributed by atoms with Crippen LogP contribution in [0, 0.1) is 6.92 Å². The molecule has 0 saturated carbocycles. The molecule has 2 unspecified atom stereocenters. The average molecular weight is 579 g/mol. The summed E-state index contributed by atoms with van der Waals surface area (Å²) in [5.74, 6) is -0.985. The van der Waals surface area contributed by atoms with Gasteiger partial charge in [0.2, 0.25) is 27.7 Å². The van der Waals surface area contributed by atoms with Crippen molar-refractivity contribution in [3.8, 4) is 28.8 Å². The largest absolute Gasteiger partial charge is 0.479 e. The number of sulfonamides is 1. The first-order chi connectivity index (χ1) is 18.9. The lowest BCUT2D eigenvalue weighted by molar-refractivity contribution is -0.137. The number of nitrogens with zero attached hydrogens (tertiary/aromatic N) is 7. The molecule has 212 valence electrons. The van der Waals surface area contributed by atoms with Crippen LogP contribution in [0.1, 0.15) is 36.7 Å². The van der Waals surface area contributed by atoms with E-state index in [0.29, 0.717) is 5.82 Å². The second kappa shape index (κ2) is 11.0. The molecule has 0 amide bonds. The van der Waals surface area contributed by atoms with Gasteiger partial charge < -0.3 is 9.47 Å². The normalized spacial score (nSPS) is 13.5. The van der Waals surface area contributed by atoms with Crippen LogP contribution in [0.25, 0.3) is 17.1 Å². The second-order valence-corrected chi connectivity index (χ2v) is 10.8. The maximum atomic E-state index is 13.5. The highest BCUT2D eigenvalue weighted by atomic mass is 32.2. The Morgan fingerprint density at radius 3 is 2.17 bits per heavy atom. The number of hydrogen-bond acceptors (Lipinski definition) is 10.